The van der Waals surface area contributed by atoms with Gasteiger partial charge in [0.15, 0.2) is 5.82 Å². The maximum atomic E-state index is 10.2. The molecule has 10 rings (SSSR count). The third-order valence-corrected chi connectivity index (χ3v) is 11.4. The van der Waals surface area contributed by atoms with E-state index < -0.39 is 0 Å². The largest absolute Gasteiger partial charge is 0.308 e. The van der Waals surface area contributed by atoms with E-state index in [0.717, 1.165) is 83.4 Å². The van der Waals surface area contributed by atoms with Crippen molar-refractivity contribution in [3.63, 3.8) is 0 Å². The summed E-state index contributed by atoms with van der Waals surface area (Å²) in [6.07, 6.45) is 0. The Morgan fingerprint density at radius 3 is 1.61 bits per heavy atom. The van der Waals surface area contributed by atoms with Crippen molar-refractivity contribution >= 4 is 21.8 Å². The van der Waals surface area contributed by atoms with Crippen LogP contribution in [0.3, 0.4) is 0 Å². The van der Waals surface area contributed by atoms with Crippen molar-refractivity contribution in [2.45, 2.75) is 13.8 Å². The molecule has 0 spiro atoms. The van der Waals surface area contributed by atoms with Gasteiger partial charge in [0.25, 0.3) is 0 Å². The Morgan fingerprint density at radius 2 is 0.967 bits per heavy atom. The fourth-order valence-electron chi connectivity index (χ4n) is 8.56. The molecule has 2 aromatic heterocycles. The molecule has 0 saturated heterocycles. The first-order valence-corrected chi connectivity index (χ1v) is 20.3. The normalized spacial score (nSPS) is 11.1. The van der Waals surface area contributed by atoms with Gasteiger partial charge in [0.05, 0.1) is 51.4 Å². The number of hydrogen-bond acceptors (Lipinski definition) is 4. The molecule has 10 aromatic rings. The summed E-state index contributed by atoms with van der Waals surface area (Å²) in [6, 6.07) is 68.9. The number of nitriles is 2. The summed E-state index contributed by atoms with van der Waals surface area (Å²) in [5.41, 5.74) is 16.8. The SMILES string of the molecule is Cc1ccc(-c2ccc3c(c2)c2ccccc2n3-c2c(-c3cccc(C#N)c3)cc(-c3cc(-c4ccccc4)nc(-c4ccccc4)n3)cc2-c2cccc(C#N)c2)c(C)c1. The van der Waals surface area contributed by atoms with E-state index in [-0.39, 0.29) is 0 Å². The van der Waals surface area contributed by atoms with Gasteiger partial charge in [-0.1, -0.05) is 133 Å². The molecule has 0 aliphatic rings. The van der Waals surface area contributed by atoms with Gasteiger partial charge >= 0.3 is 0 Å². The predicted molar refractivity (Wildman–Crippen MR) is 248 cm³/mol. The summed E-state index contributed by atoms with van der Waals surface area (Å²) in [5, 5.41) is 22.6. The number of aromatic nitrogens is 3. The highest BCUT2D eigenvalue weighted by atomic mass is 15.0. The molecule has 0 atom stereocenters. The highest BCUT2D eigenvalue weighted by Crippen LogP contribution is 2.45. The van der Waals surface area contributed by atoms with Gasteiger partial charge in [-0.25, -0.2) is 9.97 Å². The molecule has 8 aromatic carbocycles. The molecule has 0 aliphatic heterocycles. The summed E-state index contributed by atoms with van der Waals surface area (Å²) in [7, 11) is 0. The average molecular weight is 780 g/mol. The van der Waals surface area contributed by atoms with Gasteiger partial charge in [-0.15, -0.1) is 0 Å². The Hall–Kier alpha value is -8.38. The maximum Gasteiger partial charge on any atom is 0.160 e. The molecule has 0 bridgehead atoms. The first-order chi connectivity index (χ1) is 29.9. The molecule has 0 radical (unpaired) electrons. The fourth-order valence-corrected chi connectivity index (χ4v) is 8.56. The second-order valence-corrected chi connectivity index (χ2v) is 15.4. The van der Waals surface area contributed by atoms with Gasteiger partial charge in [0.1, 0.15) is 0 Å². The molecular weight excluding hydrogens is 743 g/mol. The van der Waals surface area contributed by atoms with E-state index in [1.54, 1.807) is 0 Å². The van der Waals surface area contributed by atoms with Crippen LogP contribution in [0.1, 0.15) is 22.3 Å². The van der Waals surface area contributed by atoms with E-state index >= 15 is 0 Å². The number of hydrogen-bond donors (Lipinski definition) is 0. The second-order valence-electron chi connectivity index (χ2n) is 15.4. The molecule has 2 heterocycles. The topological polar surface area (TPSA) is 78.3 Å². The number of para-hydroxylation sites is 1. The average Bonchev–Trinajstić information content (AvgIpc) is 3.64. The van der Waals surface area contributed by atoms with Gasteiger partial charge < -0.3 is 4.57 Å². The lowest BCUT2D eigenvalue weighted by molar-refractivity contribution is 1.17. The predicted octanol–water partition coefficient (Wildman–Crippen LogP) is 13.9. The summed E-state index contributed by atoms with van der Waals surface area (Å²) in [4.78, 5) is 10.3. The third kappa shape index (κ3) is 6.81. The Morgan fingerprint density at radius 1 is 0.410 bits per heavy atom. The monoisotopic (exact) mass is 779 g/mol. The van der Waals surface area contributed by atoms with E-state index in [9.17, 15) is 10.5 Å². The zero-order valence-corrected chi connectivity index (χ0v) is 33.6. The van der Waals surface area contributed by atoms with Gasteiger partial charge in [-0.2, -0.15) is 10.5 Å². The van der Waals surface area contributed by atoms with Crippen molar-refractivity contribution in [1.82, 2.24) is 14.5 Å². The van der Waals surface area contributed by atoms with Crippen LogP contribution >= 0.6 is 0 Å². The first kappa shape index (κ1) is 36.9. The zero-order chi connectivity index (χ0) is 41.5. The van der Waals surface area contributed by atoms with Crippen molar-refractivity contribution in [2.24, 2.45) is 0 Å². The first-order valence-electron chi connectivity index (χ1n) is 20.3. The molecule has 0 fully saturated rings. The lowest BCUT2D eigenvalue weighted by atomic mass is 9.90. The third-order valence-electron chi connectivity index (χ3n) is 11.4. The van der Waals surface area contributed by atoms with Crippen LogP contribution in [0.25, 0.3) is 94.8 Å². The summed E-state index contributed by atoms with van der Waals surface area (Å²) in [6.45, 7) is 4.30. The van der Waals surface area contributed by atoms with Crippen molar-refractivity contribution in [1.29, 1.82) is 10.5 Å². The Bertz CT molecular complexity index is 3270. The fraction of sp³-hybridized carbons (Fsp3) is 0.0357. The Labute approximate surface area is 354 Å². The van der Waals surface area contributed by atoms with Crippen molar-refractivity contribution in [3.8, 4) is 85.1 Å². The maximum absolute atomic E-state index is 10.2. The van der Waals surface area contributed by atoms with E-state index in [2.05, 4.69) is 134 Å². The highest BCUT2D eigenvalue weighted by Gasteiger charge is 2.23. The Balaban J connectivity index is 1.33. The van der Waals surface area contributed by atoms with Crippen LogP contribution in [-0.4, -0.2) is 14.5 Å². The molecular formula is C56H37N5. The molecule has 286 valence electrons. The lowest BCUT2D eigenvalue weighted by Crippen LogP contribution is -2.03. The zero-order valence-electron chi connectivity index (χ0n) is 33.6. The summed E-state index contributed by atoms with van der Waals surface area (Å²) >= 11 is 0. The van der Waals surface area contributed by atoms with E-state index in [4.69, 9.17) is 9.97 Å². The molecule has 0 aliphatic carbocycles. The Kier molecular flexibility index (Phi) is 9.33. The minimum Gasteiger partial charge on any atom is -0.308 e. The lowest BCUT2D eigenvalue weighted by Gasteiger charge is -2.21. The highest BCUT2D eigenvalue weighted by molar-refractivity contribution is 6.12. The molecule has 0 amide bonds. The van der Waals surface area contributed by atoms with Crippen LogP contribution < -0.4 is 0 Å². The molecule has 0 unspecified atom stereocenters. The number of rotatable bonds is 7. The van der Waals surface area contributed by atoms with Gasteiger partial charge in [0, 0.05) is 38.6 Å². The molecule has 0 N–H and O–H groups in total. The molecule has 5 nitrogen and oxygen atoms in total. The van der Waals surface area contributed by atoms with Gasteiger partial charge in [-0.3, -0.25) is 0 Å². The van der Waals surface area contributed by atoms with E-state index in [1.807, 2.05) is 84.9 Å². The van der Waals surface area contributed by atoms with Crippen molar-refractivity contribution in [3.05, 3.63) is 210 Å². The van der Waals surface area contributed by atoms with Crippen LogP contribution in [0.4, 0.5) is 0 Å². The number of aryl methyl sites for hydroxylation is 2. The van der Waals surface area contributed by atoms with Gasteiger partial charge in [-0.05, 0) is 102 Å². The van der Waals surface area contributed by atoms with E-state index in [1.165, 1.54) is 16.7 Å². The quantitative estimate of drug-likeness (QED) is 0.161. The number of fused-ring (bicyclic) bond motifs is 3. The van der Waals surface area contributed by atoms with Crippen molar-refractivity contribution in [2.75, 3.05) is 0 Å². The summed E-state index contributed by atoms with van der Waals surface area (Å²) in [5.74, 6) is 0.615. The van der Waals surface area contributed by atoms with Crippen molar-refractivity contribution < 1.29 is 0 Å². The number of nitrogens with zero attached hydrogens (tertiary/aromatic N) is 5. The van der Waals surface area contributed by atoms with Crippen LogP contribution in [0.15, 0.2) is 188 Å². The standard InChI is InChI=1S/C56H37N5/c1-36-23-25-46(37(2)27-36)44-24-26-54-50(30-44)47-21-9-10-22-53(47)61(54)55-48(42-19-11-13-38(28-42)34-57)31-45(32-49(55)43-20-12-14-39(29-43)35-58)52-33-51(40-15-5-3-6-16-40)59-56(60-52)41-17-7-4-8-18-41/h3-33H,1-2H3. The second kappa shape index (κ2) is 15.4. The van der Waals surface area contributed by atoms with E-state index in [0.29, 0.717) is 17.0 Å². The number of benzene rings is 8. The van der Waals surface area contributed by atoms with Crippen LogP contribution in [0.2, 0.25) is 0 Å². The van der Waals surface area contributed by atoms with Crippen LogP contribution in [0.5, 0.6) is 0 Å². The molecule has 61 heavy (non-hydrogen) atoms. The summed E-state index contributed by atoms with van der Waals surface area (Å²) < 4.78 is 2.35. The smallest absolute Gasteiger partial charge is 0.160 e. The van der Waals surface area contributed by atoms with Gasteiger partial charge in [0.2, 0.25) is 0 Å². The minimum absolute atomic E-state index is 0.557. The molecule has 0 saturated carbocycles. The van der Waals surface area contributed by atoms with Crippen LogP contribution in [-0.2, 0) is 0 Å². The van der Waals surface area contributed by atoms with Crippen LogP contribution in [0, 0.1) is 36.5 Å². The molecule has 5 heteroatoms. The minimum atomic E-state index is 0.557.